The summed E-state index contributed by atoms with van der Waals surface area (Å²) in [6.07, 6.45) is 0. The molecule has 0 saturated carbocycles. The summed E-state index contributed by atoms with van der Waals surface area (Å²) in [6, 6.07) is 0. The van der Waals surface area contributed by atoms with E-state index in [-0.39, 0.29) is 5.22 Å². The van der Waals surface area contributed by atoms with Crippen LogP contribution in [0.1, 0.15) is 13.8 Å². The van der Waals surface area contributed by atoms with Crippen molar-refractivity contribution >= 4 is 36.4 Å². The van der Waals surface area contributed by atoms with E-state index in [1.54, 1.807) is 9.21 Å². The van der Waals surface area contributed by atoms with Gasteiger partial charge in [0.2, 0.25) is 0 Å². The molecule has 1 nitrogen and oxygen atoms in total. The van der Waals surface area contributed by atoms with Crippen LogP contribution < -0.4 is 0 Å². The van der Waals surface area contributed by atoms with Crippen molar-refractivity contribution in [1.82, 2.24) is 0 Å². The molecule has 0 rings (SSSR count). The molecule has 0 unspecified atom stereocenters. The van der Waals surface area contributed by atoms with E-state index >= 15 is 0 Å². The number of alkyl halides is 2. The summed E-state index contributed by atoms with van der Waals surface area (Å²) in [6.45, 7) is 9.11. The average Bonchev–Trinajstić information content (AvgIpc) is 1.84. The Morgan fingerprint density at radius 2 is 1.73 bits per heavy atom. The van der Waals surface area contributed by atoms with Crippen molar-refractivity contribution in [3.05, 3.63) is 0 Å². The van der Waals surface area contributed by atoms with Crippen molar-refractivity contribution in [1.29, 1.82) is 0 Å². The molecule has 11 heavy (non-hydrogen) atoms. The van der Waals surface area contributed by atoms with Gasteiger partial charge >= 0.3 is 82.7 Å². The second-order valence-electron chi connectivity index (χ2n) is 3.59. The Morgan fingerprint density at radius 1 is 1.27 bits per heavy atom. The van der Waals surface area contributed by atoms with E-state index < -0.39 is 27.2 Å². The summed E-state index contributed by atoms with van der Waals surface area (Å²) in [5, 5.41) is 0.173. The van der Waals surface area contributed by atoms with E-state index in [0.29, 0.717) is 0 Å². The first-order valence-corrected chi connectivity index (χ1v) is 14.2. The van der Waals surface area contributed by atoms with E-state index in [2.05, 4.69) is 36.8 Å². The zero-order valence-corrected chi connectivity index (χ0v) is 12.4. The summed E-state index contributed by atoms with van der Waals surface area (Å²) in [4.78, 5) is 4.62. The van der Waals surface area contributed by atoms with Gasteiger partial charge in [0.25, 0.3) is 0 Å². The minimum atomic E-state index is -0.744. The van der Waals surface area contributed by atoms with Crippen molar-refractivity contribution in [3.8, 4) is 0 Å². The Balaban J connectivity index is 3.73. The normalized spacial score (nSPS) is 13.9. The first-order valence-electron chi connectivity index (χ1n) is 3.72. The summed E-state index contributed by atoms with van der Waals surface area (Å²) in [7, 11) is 1.10. The second kappa shape index (κ2) is 5.09. The predicted octanol–water partition coefficient (Wildman–Crippen LogP) is 3.14. The van der Waals surface area contributed by atoms with Crippen LogP contribution in [0.4, 0.5) is 0 Å². The Kier molecular flexibility index (Phi) is 5.67. The fraction of sp³-hybridized carbons (Fsp3) is 1.00. The molecule has 0 amide bonds. The minimum absolute atomic E-state index is 0.173. The van der Waals surface area contributed by atoms with Crippen LogP contribution in [0.2, 0.25) is 13.1 Å². The van der Waals surface area contributed by atoms with Gasteiger partial charge in [0.05, 0.1) is 0 Å². The third-order valence-corrected chi connectivity index (χ3v) is 8.27. The van der Waals surface area contributed by atoms with Crippen LogP contribution in [0.25, 0.3) is 0 Å². The van der Waals surface area contributed by atoms with Crippen LogP contribution >= 0.6 is 27.6 Å². The van der Waals surface area contributed by atoms with E-state index in [9.17, 15) is 0 Å². The number of hydrogen-bond donors (Lipinski definition) is 0. The van der Waals surface area contributed by atoms with E-state index in [0.717, 1.165) is 0 Å². The molecule has 0 fully saturated rings. The van der Waals surface area contributed by atoms with Gasteiger partial charge < -0.3 is 0 Å². The SMILES string of the molecule is C[SiH](C)C(C)(C)OSI(C)C. The quantitative estimate of drug-likeness (QED) is 0.341. The van der Waals surface area contributed by atoms with Crippen molar-refractivity contribution in [3.63, 3.8) is 0 Å². The van der Waals surface area contributed by atoms with Crippen LogP contribution in [0, 0.1) is 0 Å². The van der Waals surface area contributed by atoms with Crippen LogP contribution in [0.5, 0.6) is 0 Å². The fourth-order valence-electron chi connectivity index (χ4n) is 0.240. The summed E-state index contributed by atoms with van der Waals surface area (Å²) in [5.74, 6) is 0. The molecule has 0 aromatic heterocycles. The molecule has 0 bridgehead atoms. The molecular formula is C7H19IOSSi. The molecule has 0 radical (unpaired) electrons. The molecule has 0 aliphatic carbocycles. The number of rotatable bonds is 4. The average molecular weight is 306 g/mol. The number of halogens is 1. The van der Waals surface area contributed by atoms with Crippen LogP contribution in [-0.4, -0.2) is 23.9 Å². The van der Waals surface area contributed by atoms with Crippen LogP contribution in [0.15, 0.2) is 0 Å². The summed E-state index contributed by atoms with van der Waals surface area (Å²) in [5.41, 5.74) is 0. The van der Waals surface area contributed by atoms with Crippen molar-refractivity contribution in [2.45, 2.75) is 32.2 Å². The van der Waals surface area contributed by atoms with E-state index in [4.69, 9.17) is 4.18 Å². The van der Waals surface area contributed by atoms with Gasteiger partial charge in [-0.25, -0.2) is 0 Å². The molecule has 4 heteroatoms. The van der Waals surface area contributed by atoms with Crippen molar-refractivity contribution in [2.75, 3.05) is 9.86 Å². The first-order chi connectivity index (χ1) is 4.86. The molecule has 0 N–H and O–H groups in total. The molecule has 0 aliphatic heterocycles. The van der Waals surface area contributed by atoms with Gasteiger partial charge in [0.1, 0.15) is 0 Å². The molecule has 0 saturated heterocycles. The second-order valence-corrected chi connectivity index (χ2v) is 16.7. The Bertz CT molecular complexity index is 117. The molecular weight excluding hydrogens is 287 g/mol. The van der Waals surface area contributed by atoms with Gasteiger partial charge in [-0.1, -0.05) is 0 Å². The topological polar surface area (TPSA) is 9.23 Å². The van der Waals surface area contributed by atoms with Gasteiger partial charge in [-0.05, 0) is 0 Å². The monoisotopic (exact) mass is 306 g/mol. The summed E-state index contributed by atoms with van der Waals surface area (Å²) < 4.78 is 5.80. The van der Waals surface area contributed by atoms with Gasteiger partial charge in [-0.15, -0.1) is 0 Å². The Hall–Kier alpha value is 1.26. The van der Waals surface area contributed by atoms with Gasteiger partial charge in [-0.3, -0.25) is 0 Å². The molecule has 0 heterocycles. The van der Waals surface area contributed by atoms with Crippen LogP contribution in [0.3, 0.4) is 0 Å². The fourth-order valence-corrected chi connectivity index (χ4v) is 4.50. The summed E-state index contributed by atoms with van der Waals surface area (Å²) >= 11 is -0.744. The van der Waals surface area contributed by atoms with Gasteiger partial charge in [0.15, 0.2) is 0 Å². The molecule has 0 atom stereocenters. The standard InChI is InChI=1S/C7H19IOSSi/c1-7(2,11(5)6)9-10-8(3)4/h11H,1-6H3. The van der Waals surface area contributed by atoms with Gasteiger partial charge in [-0.2, -0.15) is 0 Å². The zero-order chi connectivity index (χ0) is 9.07. The third kappa shape index (κ3) is 5.49. The van der Waals surface area contributed by atoms with Gasteiger partial charge in [0, 0.05) is 0 Å². The van der Waals surface area contributed by atoms with Crippen molar-refractivity contribution < 1.29 is 4.18 Å². The molecule has 0 aliphatic rings. The van der Waals surface area contributed by atoms with E-state index in [1.165, 1.54) is 0 Å². The number of hydrogen-bond acceptors (Lipinski definition) is 2. The molecule has 0 spiro atoms. The van der Waals surface area contributed by atoms with E-state index in [1.807, 2.05) is 0 Å². The molecule has 0 aromatic carbocycles. The first kappa shape index (κ1) is 12.3. The maximum absolute atomic E-state index is 5.80. The third-order valence-electron chi connectivity index (χ3n) is 1.76. The zero-order valence-electron chi connectivity index (χ0n) is 8.27. The van der Waals surface area contributed by atoms with Crippen LogP contribution in [-0.2, 0) is 4.18 Å². The van der Waals surface area contributed by atoms with Crippen molar-refractivity contribution in [2.24, 2.45) is 0 Å². The predicted molar refractivity (Wildman–Crippen MR) is 67.5 cm³/mol. The maximum atomic E-state index is 5.80. The Morgan fingerprint density at radius 3 is 2.00 bits per heavy atom. The molecule has 0 aromatic rings. The molecule has 70 valence electrons. The Labute approximate surface area is 82.3 Å².